The number of Topliss-reactive ketones (excluding diaryl/α,β-unsaturated/α-hetero) is 1. The van der Waals surface area contributed by atoms with Gasteiger partial charge in [-0.15, -0.1) is 0 Å². The van der Waals surface area contributed by atoms with E-state index in [0.717, 1.165) is 24.8 Å². The molecular weight excluding hydrogens is 242 g/mol. The Morgan fingerprint density at radius 2 is 2.21 bits per heavy atom. The molecule has 0 bridgehead atoms. The number of rotatable bonds is 2. The highest BCUT2D eigenvalue weighted by Gasteiger charge is 2.29. The van der Waals surface area contributed by atoms with Crippen molar-refractivity contribution >= 4 is 11.7 Å². The van der Waals surface area contributed by atoms with E-state index in [0.29, 0.717) is 17.7 Å². The standard InChI is InChI=1S/C15H17NO3/c1-9-2-5-13(19-9)14(17)11-4-3-10-6-7-16-15(18)12(10)8-11/h3-4,8-9,13H,2,5-7H2,1H3,(H,16,18). The monoisotopic (exact) mass is 259 g/mol. The predicted molar refractivity (Wildman–Crippen MR) is 70.4 cm³/mol. The van der Waals surface area contributed by atoms with Crippen LogP contribution < -0.4 is 5.32 Å². The fraction of sp³-hybridized carbons (Fsp3) is 0.467. The van der Waals surface area contributed by atoms with Crippen molar-refractivity contribution in [1.82, 2.24) is 5.32 Å². The maximum Gasteiger partial charge on any atom is 0.251 e. The van der Waals surface area contributed by atoms with Gasteiger partial charge in [0, 0.05) is 17.7 Å². The topological polar surface area (TPSA) is 55.4 Å². The molecule has 4 heteroatoms. The maximum atomic E-state index is 12.3. The number of amides is 1. The van der Waals surface area contributed by atoms with E-state index in [4.69, 9.17) is 4.74 Å². The van der Waals surface area contributed by atoms with Gasteiger partial charge in [0.15, 0.2) is 5.78 Å². The zero-order chi connectivity index (χ0) is 13.4. The lowest BCUT2D eigenvalue weighted by Gasteiger charge is -2.17. The van der Waals surface area contributed by atoms with Crippen LogP contribution in [0.3, 0.4) is 0 Å². The lowest BCUT2D eigenvalue weighted by atomic mass is 9.95. The molecule has 0 aromatic heterocycles. The van der Waals surface area contributed by atoms with Crippen LogP contribution in [0.5, 0.6) is 0 Å². The van der Waals surface area contributed by atoms with Crippen LogP contribution in [0.2, 0.25) is 0 Å². The molecule has 2 atom stereocenters. The average molecular weight is 259 g/mol. The fourth-order valence-corrected chi connectivity index (χ4v) is 2.75. The van der Waals surface area contributed by atoms with Crippen molar-refractivity contribution in [2.75, 3.05) is 6.54 Å². The number of ether oxygens (including phenoxy) is 1. The highest BCUT2D eigenvalue weighted by Crippen LogP contribution is 2.24. The molecule has 1 saturated heterocycles. The van der Waals surface area contributed by atoms with E-state index in [-0.39, 0.29) is 23.9 Å². The zero-order valence-electron chi connectivity index (χ0n) is 10.9. The van der Waals surface area contributed by atoms with E-state index in [9.17, 15) is 9.59 Å². The minimum atomic E-state index is -0.347. The summed E-state index contributed by atoms with van der Waals surface area (Å²) >= 11 is 0. The third-order valence-corrected chi connectivity index (χ3v) is 3.84. The Kier molecular flexibility index (Phi) is 3.11. The molecule has 1 fully saturated rings. The lowest BCUT2D eigenvalue weighted by Crippen LogP contribution is -2.32. The van der Waals surface area contributed by atoms with Gasteiger partial charge in [-0.2, -0.15) is 0 Å². The molecule has 1 aromatic rings. The van der Waals surface area contributed by atoms with Crippen LogP contribution in [0.4, 0.5) is 0 Å². The first-order valence-corrected chi connectivity index (χ1v) is 6.76. The molecule has 3 rings (SSSR count). The van der Waals surface area contributed by atoms with Gasteiger partial charge in [-0.05, 0) is 37.8 Å². The van der Waals surface area contributed by atoms with E-state index >= 15 is 0 Å². The van der Waals surface area contributed by atoms with Crippen LogP contribution >= 0.6 is 0 Å². The number of ketones is 1. The number of hydrogen-bond donors (Lipinski definition) is 1. The van der Waals surface area contributed by atoms with Gasteiger partial charge in [-0.25, -0.2) is 0 Å². The molecule has 1 amide bonds. The Morgan fingerprint density at radius 3 is 2.95 bits per heavy atom. The van der Waals surface area contributed by atoms with Gasteiger partial charge in [0.1, 0.15) is 6.10 Å². The van der Waals surface area contributed by atoms with Crippen LogP contribution in [-0.4, -0.2) is 30.4 Å². The van der Waals surface area contributed by atoms with Gasteiger partial charge in [0.25, 0.3) is 5.91 Å². The second-order valence-corrected chi connectivity index (χ2v) is 5.25. The number of benzene rings is 1. The Balaban J connectivity index is 1.87. The summed E-state index contributed by atoms with van der Waals surface area (Å²) in [6.07, 6.45) is 2.31. The minimum Gasteiger partial charge on any atom is -0.367 e. The van der Waals surface area contributed by atoms with Crippen molar-refractivity contribution < 1.29 is 14.3 Å². The maximum absolute atomic E-state index is 12.3. The minimum absolute atomic E-state index is 0.00877. The molecule has 1 N–H and O–H groups in total. The van der Waals surface area contributed by atoms with Gasteiger partial charge in [0.05, 0.1) is 6.10 Å². The van der Waals surface area contributed by atoms with E-state index < -0.39 is 0 Å². The fourth-order valence-electron chi connectivity index (χ4n) is 2.75. The van der Waals surface area contributed by atoms with Crippen LogP contribution in [0.25, 0.3) is 0 Å². The summed E-state index contributed by atoms with van der Waals surface area (Å²) in [6, 6.07) is 5.41. The highest BCUT2D eigenvalue weighted by atomic mass is 16.5. The first-order chi connectivity index (χ1) is 9.15. The summed E-state index contributed by atoms with van der Waals surface area (Å²) in [4.78, 5) is 24.1. The first-order valence-electron chi connectivity index (χ1n) is 6.76. The van der Waals surface area contributed by atoms with Crippen molar-refractivity contribution in [3.05, 3.63) is 34.9 Å². The van der Waals surface area contributed by atoms with Gasteiger partial charge < -0.3 is 10.1 Å². The van der Waals surface area contributed by atoms with Gasteiger partial charge in [-0.3, -0.25) is 9.59 Å². The smallest absolute Gasteiger partial charge is 0.251 e. The molecule has 4 nitrogen and oxygen atoms in total. The summed E-state index contributed by atoms with van der Waals surface area (Å²) < 4.78 is 5.60. The Labute approximate surface area is 112 Å². The third kappa shape index (κ3) is 2.28. The molecule has 2 heterocycles. The Bertz CT molecular complexity index is 538. The SMILES string of the molecule is CC1CCC(C(=O)c2ccc3c(c2)C(=O)NCC3)O1. The number of carbonyl (C=O) groups excluding carboxylic acids is 2. The van der Waals surface area contributed by atoms with Gasteiger partial charge in [0.2, 0.25) is 0 Å². The summed E-state index contributed by atoms with van der Waals surface area (Å²) in [5, 5.41) is 2.80. The van der Waals surface area contributed by atoms with Gasteiger partial charge >= 0.3 is 0 Å². The molecule has 2 aliphatic rings. The van der Waals surface area contributed by atoms with E-state index in [1.54, 1.807) is 6.07 Å². The van der Waals surface area contributed by atoms with E-state index in [2.05, 4.69) is 5.32 Å². The normalized spacial score (nSPS) is 25.8. The third-order valence-electron chi connectivity index (χ3n) is 3.84. The zero-order valence-corrected chi connectivity index (χ0v) is 10.9. The van der Waals surface area contributed by atoms with E-state index in [1.807, 2.05) is 19.1 Å². The number of carbonyl (C=O) groups is 2. The summed E-state index contributed by atoms with van der Waals surface area (Å²) in [6.45, 7) is 2.65. The Morgan fingerprint density at radius 1 is 1.37 bits per heavy atom. The molecule has 19 heavy (non-hydrogen) atoms. The summed E-state index contributed by atoms with van der Waals surface area (Å²) in [5.41, 5.74) is 2.22. The van der Waals surface area contributed by atoms with Crippen molar-refractivity contribution in [3.8, 4) is 0 Å². The molecular formula is C15H17NO3. The summed E-state index contributed by atoms with van der Waals surface area (Å²) in [7, 11) is 0. The van der Waals surface area contributed by atoms with Crippen molar-refractivity contribution in [2.45, 2.75) is 38.4 Å². The molecule has 1 aromatic carbocycles. The van der Waals surface area contributed by atoms with E-state index in [1.165, 1.54) is 0 Å². The predicted octanol–water partition coefficient (Wildman–Crippen LogP) is 1.72. The van der Waals surface area contributed by atoms with Gasteiger partial charge in [-0.1, -0.05) is 12.1 Å². The van der Waals surface area contributed by atoms with Crippen molar-refractivity contribution in [1.29, 1.82) is 0 Å². The molecule has 100 valence electrons. The van der Waals surface area contributed by atoms with Crippen LogP contribution in [0.1, 0.15) is 46.0 Å². The van der Waals surface area contributed by atoms with Crippen LogP contribution in [0.15, 0.2) is 18.2 Å². The van der Waals surface area contributed by atoms with Crippen molar-refractivity contribution in [3.63, 3.8) is 0 Å². The molecule has 0 aliphatic carbocycles. The first kappa shape index (κ1) is 12.4. The van der Waals surface area contributed by atoms with Crippen molar-refractivity contribution in [2.24, 2.45) is 0 Å². The second-order valence-electron chi connectivity index (χ2n) is 5.25. The largest absolute Gasteiger partial charge is 0.367 e. The highest BCUT2D eigenvalue weighted by molar-refractivity contribution is 6.03. The number of hydrogen-bond acceptors (Lipinski definition) is 3. The molecule has 2 unspecified atom stereocenters. The number of nitrogens with one attached hydrogen (secondary N) is 1. The molecule has 0 radical (unpaired) electrons. The van der Waals surface area contributed by atoms with Crippen LogP contribution in [0, 0.1) is 0 Å². The quantitative estimate of drug-likeness (QED) is 0.823. The van der Waals surface area contributed by atoms with Crippen LogP contribution in [-0.2, 0) is 11.2 Å². The lowest BCUT2D eigenvalue weighted by molar-refractivity contribution is 0.0433. The number of fused-ring (bicyclic) bond motifs is 1. The molecule has 2 aliphatic heterocycles. The molecule has 0 spiro atoms. The molecule has 0 saturated carbocycles. The second kappa shape index (κ2) is 4.78. The summed E-state index contributed by atoms with van der Waals surface area (Å²) in [5.74, 6) is -0.0952. The average Bonchev–Trinajstić information content (AvgIpc) is 2.85. The Hall–Kier alpha value is -1.68.